The summed E-state index contributed by atoms with van der Waals surface area (Å²) in [6, 6.07) is 6.83. The molecule has 0 aliphatic heterocycles. The van der Waals surface area contributed by atoms with Crippen molar-refractivity contribution in [1.82, 2.24) is 0 Å². The van der Waals surface area contributed by atoms with Crippen molar-refractivity contribution in [2.45, 2.75) is 77.0 Å². The number of hydrogen-bond acceptors (Lipinski definition) is 0. The van der Waals surface area contributed by atoms with Gasteiger partial charge in [0, 0.05) is 41.4 Å². The Balaban J connectivity index is 0.00000225. The fraction of sp³-hybridized carbons (Fsp3) is 0.652. The predicted molar refractivity (Wildman–Crippen MR) is 99.6 cm³/mol. The molecule has 1 aromatic rings. The van der Waals surface area contributed by atoms with Crippen LogP contribution in [0.2, 0.25) is 0 Å². The molecule has 0 amide bonds. The van der Waals surface area contributed by atoms with Crippen molar-refractivity contribution in [3.05, 3.63) is 47.8 Å². The molecule has 0 N–H and O–H groups in total. The minimum Gasteiger partial charge on any atom is -0.284 e. The standard InChI is InChI=1S/C23H32F.La/c1-3-18-5-7-19(8-6-18)9-10-20-11-14-21(15-12-20)22-13-4-17(2)23(24)16-22;/h3,13,16,18-21H,1,5-12,14-15H2,2H3;/q-1;. The van der Waals surface area contributed by atoms with Crippen LogP contribution in [0.25, 0.3) is 0 Å². The summed E-state index contributed by atoms with van der Waals surface area (Å²) < 4.78 is 13.8. The molecule has 0 nitrogen and oxygen atoms in total. The summed E-state index contributed by atoms with van der Waals surface area (Å²) in [5.74, 6) is 3.10. The zero-order valence-electron chi connectivity index (χ0n) is 15.8. The van der Waals surface area contributed by atoms with Crippen molar-refractivity contribution in [3.63, 3.8) is 0 Å². The first-order valence-electron chi connectivity index (χ1n) is 9.96. The van der Waals surface area contributed by atoms with E-state index in [9.17, 15) is 4.39 Å². The van der Waals surface area contributed by atoms with Gasteiger partial charge in [0.1, 0.15) is 0 Å². The van der Waals surface area contributed by atoms with E-state index < -0.39 is 0 Å². The average Bonchev–Trinajstić information content (AvgIpc) is 2.63. The van der Waals surface area contributed by atoms with E-state index in [-0.39, 0.29) is 41.4 Å². The summed E-state index contributed by atoms with van der Waals surface area (Å²) in [4.78, 5) is 0. The van der Waals surface area contributed by atoms with Gasteiger partial charge in [0.15, 0.2) is 0 Å². The van der Waals surface area contributed by atoms with E-state index in [2.05, 4.69) is 18.7 Å². The minimum atomic E-state index is -0.0928. The van der Waals surface area contributed by atoms with Crippen LogP contribution >= 0.6 is 0 Å². The Morgan fingerprint density at radius 2 is 1.60 bits per heavy atom. The van der Waals surface area contributed by atoms with Gasteiger partial charge in [-0.3, -0.25) is 4.39 Å². The van der Waals surface area contributed by atoms with Crippen molar-refractivity contribution in [3.8, 4) is 0 Å². The molecule has 2 saturated carbocycles. The molecule has 25 heavy (non-hydrogen) atoms. The van der Waals surface area contributed by atoms with Gasteiger partial charge >= 0.3 is 0 Å². The monoisotopic (exact) mass is 466 g/mol. The van der Waals surface area contributed by atoms with Gasteiger partial charge in [0.2, 0.25) is 0 Å². The first kappa shape index (κ1) is 21.4. The van der Waals surface area contributed by atoms with E-state index in [1.807, 2.05) is 6.07 Å². The van der Waals surface area contributed by atoms with Crippen LogP contribution in [-0.4, -0.2) is 0 Å². The Labute approximate surface area is 181 Å². The molecule has 2 aliphatic carbocycles. The molecule has 0 aromatic heterocycles. The van der Waals surface area contributed by atoms with Gasteiger partial charge in [-0.1, -0.05) is 57.4 Å². The van der Waals surface area contributed by atoms with Gasteiger partial charge in [-0.2, -0.15) is 17.7 Å². The molecule has 3 rings (SSSR count). The molecule has 2 aliphatic rings. The predicted octanol–water partition coefficient (Wildman–Crippen LogP) is 6.98. The molecule has 0 heterocycles. The molecule has 1 aromatic carbocycles. The molecular formula is C23H32FLa-. The van der Waals surface area contributed by atoms with Gasteiger partial charge in [0.05, 0.1) is 0 Å². The van der Waals surface area contributed by atoms with E-state index in [1.54, 1.807) is 13.0 Å². The Morgan fingerprint density at radius 1 is 1.04 bits per heavy atom. The molecule has 0 unspecified atom stereocenters. The quantitative estimate of drug-likeness (QED) is 0.324. The van der Waals surface area contributed by atoms with Gasteiger partial charge in [-0.25, -0.2) is 0 Å². The van der Waals surface area contributed by atoms with Crippen LogP contribution < -0.4 is 0 Å². The number of hydrogen-bond donors (Lipinski definition) is 0. The second kappa shape index (κ2) is 10.4. The van der Waals surface area contributed by atoms with Crippen molar-refractivity contribution >= 4 is 0 Å². The smallest absolute Gasteiger partial charge is 0.0119 e. The third-order valence-corrected chi connectivity index (χ3v) is 6.63. The molecule has 0 spiro atoms. The average molecular weight is 466 g/mol. The number of aryl methyl sites for hydroxylation is 1. The van der Waals surface area contributed by atoms with Crippen molar-refractivity contribution in [2.24, 2.45) is 17.8 Å². The molecule has 135 valence electrons. The zero-order chi connectivity index (χ0) is 16.9. The summed E-state index contributed by atoms with van der Waals surface area (Å²) >= 11 is 0. The fourth-order valence-corrected chi connectivity index (χ4v) is 4.76. The third-order valence-electron chi connectivity index (χ3n) is 6.63. The van der Waals surface area contributed by atoms with Gasteiger partial charge in [-0.15, -0.1) is 18.2 Å². The maximum Gasteiger partial charge on any atom is 0.0119 e. The van der Waals surface area contributed by atoms with E-state index in [0.717, 1.165) is 17.8 Å². The van der Waals surface area contributed by atoms with Gasteiger partial charge in [0.25, 0.3) is 0 Å². The van der Waals surface area contributed by atoms with Crippen LogP contribution in [0, 0.1) is 72.2 Å². The SMILES string of the molecule is C=CC1CCC(CCC2CCC(c3c[c-]c(C)c(F)c3)CC2)CC1.[La]. The van der Waals surface area contributed by atoms with Crippen molar-refractivity contribution < 1.29 is 40.0 Å². The molecule has 2 fully saturated rings. The second-order valence-electron chi connectivity index (χ2n) is 8.22. The first-order chi connectivity index (χ1) is 11.7. The van der Waals surface area contributed by atoms with Gasteiger partial charge in [-0.05, 0) is 43.4 Å². The first-order valence-corrected chi connectivity index (χ1v) is 9.96. The molecule has 2 heteroatoms. The van der Waals surface area contributed by atoms with E-state index in [4.69, 9.17) is 0 Å². The summed E-state index contributed by atoms with van der Waals surface area (Å²) in [6.45, 7) is 5.74. The minimum absolute atomic E-state index is 0. The maximum absolute atomic E-state index is 13.8. The molecular weight excluding hydrogens is 434 g/mol. The topological polar surface area (TPSA) is 0 Å². The van der Waals surface area contributed by atoms with Crippen molar-refractivity contribution in [2.75, 3.05) is 0 Å². The van der Waals surface area contributed by atoms with Crippen LogP contribution in [0.15, 0.2) is 24.8 Å². The third kappa shape index (κ3) is 6.04. The normalized spacial score (nSPS) is 29.7. The summed E-state index contributed by atoms with van der Waals surface area (Å²) in [6.07, 6.45) is 15.6. The number of halogens is 1. The zero-order valence-corrected chi connectivity index (χ0v) is 19.4. The Hall–Kier alpha value is 0.0848. The van der Waals surface area contributed by atoms with E-state index in [1.165, 1.54) is 69.8 Å². The summed E-state index contributed by atoms with van der Waals surface area (Å²) in [7, 11) is 0. The summed E-state index contributed by atoms with van der Waals surface area (Å²) in [5.41, 5.74) is 1.80. The molecule has 0 bridgehead atoms. The fourth-order valence-electron chi connectivity index (χ4n) is 4.76. The Morgan fingerprint density at radius 3 is 2.12 bits per heavy atom. The second-order valence-corrected chi connectivity index (χ2v) is 8.22. The van der Waals surface area contributed by atoms with Crippen LogP contribution in [0.1, 0.15) is 81.3 Å². The number of rotatable bonds is 5. The van der Waals surface area contributed by atoms with Crippen LogP contribution in [0.3, 0.4) is 0 Å². The summed E-state index contributed by atoms with van der Waals surface area (Å²) in [5, 5.41) is 0. The molecule has 1 radical (unpaired) electrons. The molecule has 0 saturated heterocycles. The van der Waals surface area contributed by atoms with E-state index in [0.29, 0.717) is 11.5 Å². The maximum atomic E-state index is 13.8. The number of benzene rings is 1. The Kier molecular flexibility index (Phi) is 8.92. The van der Waals surface area contributed by atoms with Crippen LogP contribution in [0.4, 0.5) is 4.39 Å². The van der Waals surface area contributed by atoms with Crippen LogP contribution in [0.5, 0.6) is 0 Å². The Bertz CT molecular complexity index is 537. The number of allylic oxidation sites excluding steroid dienone is 1. The molecule has 0 atom stereocenters. The van der Waals surface area contributed by atoms with Crippen LogP contribution in [-0.2, 0) is 0 Å². The largest absolute Gasteiger partial charge is 0.284 e. The van der Waals surface area contributed by atoms with Crippen molar-refractivity contribution in [1.29, 1.82) is 0 Å². The van der Waals surface area contributed by atoms with Gasteiger partial charge < -0.3 is 0 Å². The van der Waals surface area contributed by atoms with E-state index >= 15 is 0 Å².